The molecule has 0 radical (unpaired) electrons. The number of nitrogens with zero attached hydrogens (tertiary/aromatic N) is 1. The smallest absolute Gasteiger partial charge is 0.255 e. The van der Waals surface area contributed by atoms with Crippen LogP contribution < -0.4 is 5.32 Å². The number of halogens is 1. The molecule has 0 saturated carbocycles. The molecule has 0 aliphatic heterocycles. The van der Waals surface area contributed by atoms with Crippen LogP contribution in [0.25, 0.3) is 0 Å². The fraction of sp³-hybridized carbons (Fsp3) is 0.0769. The lowest BCUT2D eigenvalue weighted by atomic mass is 10.2. The molecule has 0 atom stereocenters. The van der Waals surface area contributed by atoms with E-state index in [-0.39, 0.29) is 5.69 Å². The van der Waals surface area contributed by atoms with E-state index in [1.165, 1.54) is 30.6 Å². The van der Waals surface area contributed by atoms with Crippen molar-refractivity contribution in [2.75, 3.05) is 11.6 Å². The Balaban J connectivity index is 2.24. The highest BCUT2D eigenvalue weighted by atomic mass is 32.2. The zero-order chi connectivity index (χ0) is 14.8. The molecule has 20 heavy (non-hydrogen) atoms. The molecule has 1 aromatic carbocycles. The van der Waals surface area contributed by atoms with Crippen molar-refractivity contribution in [1.29, 1.82) is 0 Å². The van der Waals surface area contributed by atoms with Crippen molar-refractivity contribution in [3.05, 3.63) is 54.1 Å². The summed E-state index contributed by atoms with van der Waals surface area (Å²) in [6.07, 6.45) is 3.84. The third-order valence-electron chi connectivity index (χ3n) is 2.53. The lowest BCUT2D eigenvalue weighted by Crippen LogP contribution is -2.12. The first kappa shape index (κ1) is 14.1. The van der Waals surface area contributed by atoms with E-state index in [1.54, 1.807) is 0 Å². The molecule has 1 heterocycles. The van der Waals surface area contributed by atoms with Crippen molar-refractivity contribution >= 4 is 21.4 Å². The second kappa shape index (κ2) is 5.38. The zero-order valence-electron chi connectivity index (χ0n) is 10.5. The van der Waals surface area contributed by atoms with Crippen LogP contribution in [0.2, 0.25) is 0 Å². The SMILES string of the molecule is CS(=O)(=O)c1ccc(NC(=O)c2ccncc2)cc1F. The number of aromatic nitrogens is 1. The maximum Gasteiger partial charge on any atom is 0.255 e. The fourth-order valence-corrected chi connectivity index (χ4v) is 2.31. The van der Waals surface area contributed by atoms with Gasteiger partial charge in [-0.15, -0.1) is 0 Å². The van der Waals surface area contributed by atoms with E-state index < -0.39 is 26.5 Å². The minimum Gasteiger partial charge on any atom is -0.322 e. The number of sulfone groups is 1. The normalized spacial score (nSPS) is 11.1. The number of nitrogens with one attached hydrogen (secondary N) is 1. The van der Waals surface area contributed by atoms with Crippen LogP contribution in [0.15, 0.2) is 47.6 Å². The Morgan fingerprint density at radius 1 is 1.20 bits per heavy atom. The highest BCUT2D eigenvalue weighted by molar-refractivity contribution is 7.90. The molecule has 2 rings (SSSR count). The van der Waals surface area contributed by atoms with Gasteiger partial charge in [0.05, 0.1) is 0 Å². The third-order valence-corrected chi connectivity index (χ3v) is 3.66. The van der Waals surface area contributed by atoms with Gasteiger partial charge in [0.2, 0.25) is 0 Å². The number of pyridine rings is 1. The first-order chi connectivity index (χ1) is 9.38. The molecule has 1 amide bonds. The topological polar surface area (TPSA) is 76.1 Å². The number of hydrogen-bond acceptors (Lipinski definition) is 4. The van der Waals surface area contributed by atoms with Gasteiger partial charge in [0.1, 0.15) is 10.7 Å². The summed E-state index contributed by atoms with van der Waals surface area (Å²) < 4.78 is 36.2. The second-order valence-electron chi connectivity index (χ2n) is 4.11. The maximum absolute atomic E-state index is 13.7. The van der Waals surface area contributed by atoms with Crippen LogP contribution >= 0.6 is 0 Å². The number of hydrogen-bond donors (Lipinski definition) is 1. The number of benzene rings is 1. The van der Waals surface area contributed by atoms with Crippen molar-refractivity contribution in [3.8, 4) is 0 Å². The number of carbonyl (C=O) groups excluding carboxylic acids is 1. The van der Waals surface area contributed by atoms with E-state index in [2.05, 4.69) is 10.3 Å². The van der Waals surface area contributed by atoms with Gasteiger partial charge in [-0.1, -0.05) is 0 Å². The van der Waals surface area contributed by atoms with Gasteiger partial charge in [-0.3, -0.25) is 9.78 Å². The summed E-state index contributed by atoms with van der Waals surface area (Å²) in [5.41, 5.74) is 0.546. The predicted molar refractivity (Wildman–Crippen MR) is 71.7 cm³/mol. The van der Waals surface area contributed by atoms with Crippen molar-refractivity contribution in [1.82, 2.24) is 4.98 Å². The van der Waals surface area contributed by atoms with Gasteiger partial charge >= 0.3 is 0 Å². The Kier molecular flexibility index (Phi) is 3.80. The molecule has 1 aromatic heterocycles. The maximum atomic E-state index is 13.7. The van der Waals surface area contributed by atoms with Crippen LogP contribution in [-0.2, 0) is 9.84 Å². The molecule has 0 aliphatic carbocycles. The molecule has 1 N–H and O–H groups in total. The molecule has 0 spiro atoms. The first-order valence-corrected chi connectivity index (χ1v) is 7.48. The monoisotopic (exact) mass is 294 g/mol. The Bertz CT molecular complexity index is 745. The van der Waals surface area contributed by atoms with E-state index >= 15 is 0 Å². The minimum absolute atomic E-state index is 0.178. The van der Waals surface area contributed by atoms with Crippen molar-refractivity contribution in [2.45, 2.75) is 4.90 Å². The number of carbonyl (C=O) groups is 1. The molecule has 0 aliphatic rings. The van der Waals surface area contributed by atoms with Gasteiger partial charge in [0.25, 0.3) is 5.91 Å². The third kappa shape index (κ3) is 3.18. The first-order valence-electron chi connectivity index (χ1n) is 5.59. The van der Waals surface area contributed by atoms with Gasteiger partial charge in [-0.2, -0.15) is 0 Å². The molecule has 0 fully saturated rings. The highest BCUT2D eigenvalue weighted by Crippen LogP contribution is 2.19. The summed E-state index contributed by atoms with van der Waals surface area (Å²) >= 11 is 0. The highest BCUT2D eigenvalue weighted by Gasteiger charge is 2.14. The summed E-state index contributed by atoms with van der Waals surface area (Å²) in [6.45, 7) is 0. The molecule has 0 saturated heterocycles. The van der Waals surface area contributed by atoms with E-state index in [0.29, 0.717) is 5.56 Å². The zero-order valence-corrected chi connectivity index (χ0v) is 11.3. The van der Waals surface area contributed by atoms with Crippen molar-refractivity contribution in [3.63, 3.8) is 0 Å². The Morgan fingerprint density at radius 3 is 2.40 bits per heavy atom. The van der Waals surface area contributed by atoms with E-state index in [1.807, 2.05) is 0 Å². The van der Waals surface area contributed by atoms with E-state index in [9.17, 15) is 17.6 Å². The van der Waals surface area contributed by atoms with E-state index in [4.69, 9.17) is 0 Å². The summed E-state index contributed by atoms with van der Waals surface area (Å²) in [5, 5.41) is 2.48. The minimum atomic E-state index is -3.63. The van der Waals surface area contributed by atoms with Gasteiger partial charge < -0.3 is 5.32 Å². The molecular weight excluding hydrogens is 283 g/mol. The average Bonchev–Trinajstić information content (AvgIpc) is 2.38. The molecule has 0 bridgehead atoms. The fourth-order valence-electron chi connectivity index (χ4n) is 1.59. The lowest BCUT2D eigenvalue weighted by Gasteiger charge is -2.07. The van der Waals surface area contributed by atoms with Crippen LogP contribution in [0.3, 0.4) is 0 Å². The Labute approximate surface area is 115 Å². The van der Waals surface area contributed by atoms with Crippen LogP contribution in [0.5, 0.6) is 0 Å². The van der Waals surface area contributed by atoms with Gasteiger partial charge in [0.15, 0.2) is 9.84 Å². The summed E-state index contributed by atoms with van der Waals surface area (Å²) in [6, 6.07) is 6.44. The molecule has 7 heteroatoms. The molecule has 104 valence electrons. The Hall–Kier alpha value is -2.28. The summed E-state index contributed by atoms with van der Waals surface area (Å²) in [4.78, 5) is 15.2. The predicted octanol–water partition coefficient (Wildman–Crippen LogP) is 1.88. The van der Waals surface area contributed by atoms with E-state index in [0.717, 1.165) is 18.4 Å². The molecule has 5 nitrogen and oxygen atoms in total. The number of amides is 1. The van der Waals surface area contributed by atoms with Crippen molar-refractivity contribution < 1.29 is 17.6 Å². The largest absolute Gasteiger partial charge is 0.322 e. The van der Waals surface area contributed by atoms with Crippen molar-refractivity contribution in [2.24, 2.45) is 0 Å². The molecule has 2 aromatic rings. The van der Waals surface area contributed by atoms with Crippen LogP contribution in [0.1, 0.15) is 10.4 Å². The van der Waals surface area contributed by atoms with Gasteiger partial charge in [0, 0.05) is 29.9 Å². The lowest BCUT2D eigenvalue weighted by molar-refractivity contribution is 0.102. The van der Waals surface area contributed by atoms with Crippen LogP contribution in [0.4, 0.5) is 10.1 Å². The Morgan fingerprint density at radius 2 is 1.85 bits per heavy atom. The van der Waals surface area contributed by atoms with Crippen LogP contribution in [-0.4, -0.2) is 25.6 Å². The standard InChI is InChI=1S/C13H11FN2O3S/c1-20(18,19)12-3-2-10(8-11(12)14)16-13(17)9-4-6-15-7-5-9/h2-8H,1H3,(H,16,17). The van der Waals surface area contributed by atoms with Gasteiger partial charge in [-0.05, 0) is 30.3 Å². The molecular formula is C13H11FN2O3S. The van der Waals surface area contributed by atoms with Gasteiger partial charge in [-0.25, -0.2) is 12.8 Å². The number of rotatable bonds is 3. The summed E-state index contributed by atoms with van der Waals surface area (Å²) in [7, 11) is -3.63. The number of anilines is 1. The second-order valence-corrected chi connectivity index (χ2v) is 6.09. The molecule has 0 unspecified atom stereocenters. The quantitative estimate of drug-likeness (QED) is 0.937. The summed E-state index contributed by atoms with van der Waals surface area (Å²) in [5.74, 6) is -1.33. The van der Waals surface area contributed by atoms with Crippen LogP contribution in [0, 0.1) is 5.82 Å². The average molecular weight is 294 g/mol.